The summed E-state index contributed by atoms with van der Waals surface area (Å²) < 4.78 is 1.60. The van der Waals surface area contributed by atoms with Crippen LogP contribution in [-0.4, -0.2) is 39.5 Å². The summed E-state index contributed by atoms with van der Waals surface area (Å²) in [6, 6.07) is 6.47. The van der Waals surface area contributed by atoms with Crippen molar-refractivity contribution in [3.8, 4) is 0 Å². The fourth-order valence-electron chi connectivity index (χ4n) is 2.86. The number of hydrogen-bond acceptors (Lipinski definition) is 4. The fraction of sp³-hybridized carbons (Fsp3) is 0.500. The summed E-state index contributed by atoms with van der Waals surface area (Å²) in [5.41, 5.74) is 2.69. The minimum atomic E-state index is -0.00849. The fourth-order valence-corrected chi connectivity index (χ4v) is 2.86. The zero-order valence-corrected chi connectivity index (χ0v) is 12.8. The summed E-state index contributed by atoms with van der Waals surface area (Å²) in [6.07, 6.45) is 1.79. The van der Waals surface area contributed by atoms with Crippen LogP contribution in [0.2, 0.25) is 0 Å². The zero-order chi connectivity index (χ0) is 15.0. The minimum Gasteiger partial charge on any atom is -0.311 e. The van der Waals surface area contributed by atoms with Crippen molar-refractivity contribution in [3.63, 3.8) is 0 Å². The molecule has 0 aliphatic carbocycles. The second-order valence-electron chi connectivity index (χ2n) is 6.11. The maximum Gasteiger partial charge on any atom is 0.258 e. The van der Waals surface area contributed by atoms with Crippen LogP contribution in [0, 0.1) is 6.92 Å². The normalized spacial score (nSPS) is 23.6. The number of hydrogen-bond donors (Lipinski definition) is 1. The lowest BCUT2D eigenvalue weighted by atomic mass is 10.1. The van der Waals surface area contributed by atoms with Crippen LogP contribution >= 0.6 is 0 Å². The Morgan fingerprint density at radius 2 is 2.19 bits per heavy atom. The molecule has 112 valence electrons. The van der Waals surface area contributed by atoms with Crippen molar-refractivity contribution in [3.05, 3.63) is 46.0 Å². The molecule has 0 saturated carbocycles. The van der Waals surface area contributed by atoms with E-state index in [4.69, 9.17) is 0 Å². The Balaban J connectivity index is 1.92. The monoisotopic (exact) mass is 286 g/mol. The molecular formula is C16H22N4O. The van der Waals surface area contributed by atoms with Gasteiger partial charge in [-0.2, -0.15) is 0 Å². The summed E-state index contributed by atoms with van der Waals surface area (Å²) >= 11 is 0. The van der Waals surface area contributed by atoms with Crippen LogP contribution in [0.4, 0.5) is 0 Å². The van der Waals surface area contributed by atoms with Crippen LogP contribution in [0.25, 0.3) is 5.65 Å². The molecule has 0 bridgehead atoms. The lowest BCUT2D eigenvalue weighted by Crippen LogP contribution is -2.53. The molecule has 5 nitrogen and oxygen atoms in total. The molecule has 0 aromatic carbocycles. The van der Waals surface area contributed by atoms with Crippen LogP contribution in [0.15, 0.2) is 29.2 Å². The molecule has 3 rings (SSSR count). The average Bonchev–Trinajstić information content (AvgIpc) is 2.42. The van der Waals surface area contributed by atoms with Crippen LogP contribution in [0.3, 0.4) is 0 Å². The van der Waals surface area contributed by atoms with E-state index >= 15 is 0 Å². The molecule has 5 heteroatoms. The van der Waals surface area contributed by atoms with E-state index in [-0.39, 0.29) is 5.56 Å². The topological polar surface area (TPSA) is 49.6 Å². The SMILES string of the molecule is Cc1ccn2c(=O)cc(CN3CC(C)NCC3C)nc2c1. The number of piperazine rings is 1. The zero-order valence-electron chi connectivity index (χ0n) is 12.8. The molecule has 1 saturated heterocycles. The van der Waals surface area contributed by atoms with E-state index in [0.29, 0.717) is 12.1 Å². The molecule has 1 N–H and O–H groups in total. The van der Waals surface area contributed by atoms with Crippen molar-refractivity contribution in [1.29, 1.82) is 0 Å². The molecule has 1 aliphatic heterocycles. The van der Waals surface area contributed by atoms with Gasteiger partial charge in [0.05, 0.1) is 5.69 Å². The van der Waals surface area contributed by atoms with Gasteiger partial charge in [0.15, 0.2) is 0 Å². The van der Waals surface area contributed by atoms with Gasteiger partial charge in [0, 0.05) is 44.0 Å². The molecule has 0 amide bonds. The van der Waals surface area contributed by atoms with E-state index < -0.39 is 0 Å². The van der Waals surface area contributed by atoms with Gasteiger partial charge in [0.2, 0.25) is 0 Å². The Bertz CT molecular complexity index is 709. The van der Waals surface area contributed by atoms with Gasteiger partial charge >= 0.3 is 0 Å². The smallest absolute Gasteiger partial charge is 0.258 e. The molecule has 1 aliphatic rings. The highest BCUT2D eigenvalue weighted by Crippen LogP contribution is 2.11. The highest BCUT2D eigenvalue weighted by atomic mass is 16.1. The lowest BCUT2D eigenvalue weighted by molar-refractivity contribution is 0.137. The van der Waals surface area contributed by atoms with Crippen molar-refractivity contribution in [1.82, 2.24) is 19.6 Å². The van der Waals surface area contributed by atoms with Crippen LogP contribution < -0.4 is 10.9 Å². The van der Waals surface area contributed by atoms with Gasteiger partial charge < -0.3 is 5.32 Å². The third-order valence-electron chi connectivity index (χ3n) is 4.13. The number of aromatic nitrogens is 2. The molecular weight excluding hydrogens is 264 g/mol. The van der Waals surface area contributed by atoms with Crippen LogP contribution in [0.1, 0.15) is 25.1 Å². The van der Waals surface area contributed by atoms with Crippen molar-refractivity contribution in [2.45, 2.75) is 39.4 Å². The van der Waals surface area contributed by atoms with Crippen molar-refractivity contribution < 1.29 is 0 Å². The van der Waals surface area contributed by atoms with Crippen molar-refractivity contribution in [2.24, 2.45) is 0 Å². The van der Waals surface area contributed by atoms with Gasteiger partial charge in [0.25, 0.3) is 5.56 Å². The Morgan fingerprint density at radius 3 is 3.00 bits per heavy atom. The summed E-state index contributed by atoms with van der Waals surface area (Å²) in [5.74, 6) is 0. The highest BCUT2D eigenvalue weighted by Gasteiger charge is 2.22. The summed E-state index contributed by atoms with van der Waals surface area (Å²) in [6.45, 7) is 9.09. The van der Waals surface area contributed by atoms with E-state index in [9.17, 15) is 4.79 Å². The number of nitrogens with zero attached hydrogens (tertiary/aromatic N) is 3. The Hall–Kier alpha value is -1.72. The van der Waals surface area contributed by atoms with Gasteiger partial charge in [-0.15, -0.1) is 0 Å². The van der Waals surface area contributed by atoms with E-state index in [1.807, 2.05) is 19.1 Å². The van der Waals surface area contributed by atoms with Crippen molar-refractivity contribution >= 4 is 5.65 Å². The van der Waals surface area contributed by atoms with E-state index in [1.54, 1.807) is 16.7 Å². The first-order valence-corrected chi connectivity index (χ1v) is 7.49. The lowest BCUT2D eigenvalue weighted by Gasteiger charge is -2.37. The number of pyridine rings is 1. The predicted molar refractivity (Wildman–Crippen MR) is 83.5 cm³/mol. The Kier molecular flexibility index (Phi) is 3.78. The number of nitrogens with one attached hydrogen (secondary N) is 1. The molecule has 2 aromatic rings. The van der Waals surface area contributed by atoms with Gasteiger partial charge in [0.1, 0.15) is 5.65 Å². The average molecular weight is 286 g/mol. The molecule has 2 atom stereocenters. The first kappa shape index (κ1) is 14.2. The highest BCUT2D eigenvalue weighted by molar-refractivity contribution is 5.41. The van der Waals surface area contributed by atoms with Crippen molar-refractivity contribution in [2.75, 3.05) is 13.1 Å². The van der Waals surface area contributed by atoms with Crippen LogP contribution in [0.5, 0.6) is 0 Å². The summed E-state index contributed by atoms with van der Waals surface area (Å²) in [5, 5.41) is 3.47. The van der Waals surface area contributed by atoms with Gasteiger partial charge in [-0.1, -0.05) is 0 Å². The second kappa shape index (κ2) is 5.58. The number of fused-ring (bicyclic) bond motifs is 1. The largest absolute Gasteiger partial charge is 0.311 e. The molecule has 0 spiro atoms. The predicted octanol–water partition coefficient (Wildman–Crippen LogP) is 1.19. The first-order chi connectivity index (χ1) is 10.0. The Morgan fingerprint density at radius 1 is 1.38 bits per heavy atom. The third-order valence-corrected chi connectivity index (χ3v) is 4.13. The van der Waals surface area contributed by atoms with E-state index in [2.05, 4.69) is 29.0 Å². The van der Waals surface area contributed by atoms with Gasteiger partial charge in [-0.3, -0.25) is 14.1 Å². The molecule has 1 fully saturated rings. The standard InChI is InChI=1S/C16H22N4O/c1-11-4-5-20-15(6-11)18-14(7-16(20)21)10-19-9-12(2)17-8-13(19)3/h4-7,12-13,17H,8-10H2,1-3H3. The maximum atomic E-state index is 12.2. The number of rotatable bonds is 2. The first-order valence-electron chi connectivity index (χ1n) is 7.49. The Labute approximate surface area is 124 Å². The third kappa shape index (κ3) is 2.99. The van der Waals surface area contributed by atoms with Gasteiger partial charge in [-0.05, 0) is 38.5 Å². The molecule has 2 aromatic heterocycles. The molecule has 2 unspecified atom stereocenters. The quantitative estimate of drug-likeness (QED) is 0.901. The molecule has 21 heavy (non-hydrogen) atoms. The molecule has 0 radical (unpaired) electrons. The minimum absolute atomic E-state index is 0.00849. The molecule has 3 heterocycles. The number of aryl methyl sites for hydroxylation is 1. The van der Waals surface area contributed by atoms with E-state index in [1.165, 1.54) is 0 Å². The summed E-state index contributed by atoms with van der Waals surface area (Å²) in [4.78, 5) is 19.2. The second-order valence-corrected chi connectivity index (χ2v) is 6.11. The summed E-state index contributed by atoms with van der Waals surface area (Å²) in [7, 11) is 0. The van der Waals surface area contributed by atoms with Crippen LogP contribution in [-0.2, 0) is 6.54 Å². The maximum absolute atomic E-state index is 12.2. The van der Waals surface area contributed by atoms with Gasteiger partial charge in [-0.25, -0.2) is 4.98 Å². The van der Waals surface area contributed by atoms with E-state index in [0.717, 1.165) is 36.5 Å².